The van der Waals surface area contributed by atoms with Crippen LogP contribution >= 0.6 is 11.3 Å². The van der Waals surface area contributed by atoms with Gasteiger partial charge in [-0.15, -0.1) is 11.3 Å². The van der Waals surface area contributed by atoms with Crippen molar-refractivity contribution in [1.29, 1.82) is 0 Å². The summed E-state index contributed by atoms with van der Waals surface area (Å²) in [4.78, 5) is 24.1. The highest BCUT2D eigenvalue weighted by molar-refractivity contribution is 7.94. The minimum Gasteiger partial charge on any atom is -0.462 e. The van der Waals surface area contributed by atoms with Crippen molar-refractivity contribution >= 4 is 44.6 Å². The van der Waals surface area contributed by atoms with E-state index in [1.54, 1.807) is 73.0 Å². The summed E-state index contributed by atoms with van der Waals surface area (Å²) in [5.74, 6) is -0.776. The van der Waals surface area contributed by atoms with Gasteiger partial charge in [-0.05, 0) is 66.9 Å². The third-order valence-electron chi connectivity index (χ3n) is 4.26. The number of hydrogen-bond acceptors (Lipinski definition) is 6. The Bertz CT molecular complexity index is 1120. The van der Waals surface area contributed by atoms with E-state index >= 15 is 0 Å². The van der Waals surface area contributed by atoms with Crippen molar-refractivity contribution in [2.75, 3.05) is 23.3 Å². The van der Waals surface area contributed by atoms with E-state index in [4.69, 9.17) is 4.74 Å². The summed E-state index contributed by atoms with van der Waals surface area (Å²) in [6.45, 7) is 2.02. The molecule has 0 fully saturated rings. The third kappa shape index (κ3) is 4.69. The number of rotatable bonds is 7. The van der Waals surface area contributed by atoms with E-state index in [1.807, 2.05) is 0 Å². The van der Waals surface area contributed by atoms with Gasteiger partial charge in [0.1, 0.15) is 4.21 Å². The average molecular weight is 445 g/mol. The molecule has 30 heavy (non-hydrogen) atoms. The Morgan fingerprint density at radius 1 is 1.00 bits per heavy atom. The Morgan fingerprint density at radius 2 is 1.63 bits per heavy atom. The van der Waals surface area contributed by atoms with Gasteiger partial charge in [0.05, 0.1) is 17.9 Å². The number of ether oxygens (including phenoxy) is 1. The van der Waals surface area contributed by atoms with Crippen molar-refractivity contribution < 1.29 is 22.7 Å². The maximum Gasteiger partial charge on any atom is 0.338 e. The van der Waals surface area contributed by atoms with Gasteiger partial charge in [-0.1, -0.05) is 6.07 Å². The number of thiophene rings is 1. The summed E-state index contributed by atoms with van der Waals surface area (Å²) in [6.07, 6.45) is 0. The van der Waals surface area contributed by atoms with E-state index in [0.717, 1.165) is 11.3 Å². The molecule has 0 aliphatic rings. The topological polar surface area (TPSA) is 92.8 Å². The molecule has 0 saturated heterocycles. The molecule has 1 heterocycles. The number of carbonyl (C=O) groups is 2. The van der Waals surface area contributed by atoms with Gasteiger partial charge >= 0.3 is 5.97 Å². The molecular weight excluding hydrogens is 424 g/mol. The van der Waals surface area contributed by atoms with Crippen molar-refractivity contribution in [3.8, 4) is 0 Å². The second-order valence-electron chi connectivity index (χ2n) is 6.20. The molecule has 0 aliphatic heterocycles. The van der Waals surface area contributed by atoms with E-state index in [1.165, 1.54) is 11.4 Å². The number of amides is 1. The first-order chi connectivity index (χ1) is 14.3. The highest BCUT2D eigenvalue weighted by atomic mass is 32.2. The number of nitrogens with zero attached hydrogens (tertiary/aromatic N) is 1. The zero-order valence-electron chi connectivity index (χ0n) is 16.4. The number of benzene rings is 2. The predicted octanol–water partition coefficient (Wildman–Crippen LogP) is 4.00. The lowest BCUT2D eigenvalue weighted by atomic mass is 10.1. The minimum atomic E-state index is -3.63. The predicted molar refractivity (Wildman–Crippen MR) is 117 cm³/mol. The molecule has 0 radical (unpaired) electrons. The summed E-state index contributed by atoms with van der Waals surface area (Å²) in [5.41, 5.74) is 1.73. The Balaban J connectivity index is 1.69. The first-order valence-electron chi connectivity index (χ1n) is 9.04. The van der Waals surface area contributed by atoms with Gasteiger partial charge in [-0.25, -0.2) is 13.2 Å². The van der Waals surface area contributed by atoms with Crippen molar-refractivity contribution in [2.24, 2.45) is 0 Å². The van der Waals surface area contributed by atoms with Crippen LogP contribution in [0.15, 0.2) is 70.3 Å². The molecule has 3 aromatic rings. The van der Waals surface area contributed by atoms with Crippen molar-refractivity contribution in [3.05, 3.63) is 77.2 Å². The van der Waals surface area contributed by atoms with E-state index in [2.05, 4.69) is 5.32 Å². The minimum absolute atomic E-state index is 0.248. The first-order valence-corrected chi connectivity index (χ1v) is 11.4. The van der Waals surface area contributed by atoms with Gasteiger partial charge in [0.25, 0.3) is 15.9 Å². The summed E-state index contributed by atoms with van der Waals surface area (Å²) in [5, 5.41) is 4.44. The lowest BCUT2D eigenvalue weighted by molar-refractivity contribution is 0.0526. The van der Waals surface area contributed by atoms with E-state index < -0.39 is 16.0 Å². The van der Waals surface area contributed by atoms with Gasteiger partial charge in [-0.3, -0.25) is 9.10 Å². The van der Waals surface area contributed by atoms with Crippen LogP contribution in [0.1, 0.15) is 27.6 Å². The zero-order chi connectivity index (χ0) is 21.7. The molecule has 0 saturated carbocycles. The third-order valence-corrected chi connectivity index (χ3v) is 7.42. The fourth-order valence-corrected chi connectivity index (χ4v) is 4.97. The summed E-state index contributed by atoms with van der Waals surface area (Å²) >= 11 is 1.14. The molecule has 7 nitrogen and oxygen atoms in total. The van der Waals surface area contributed by atoms with E-state index in [0.29, 0.717) is 22.5 Å². The van der Waals surface area contributed by atoms with Gasteiger partial charge in [0.2, 0.25) is 0 Å². The fourth-order valence-electron chi connectivity index (χ4n) is 2.61. The molecule has 0 unspecified atom stereocenters. The van der Waals surface area contributed by atoms with Gasteiger partial charge < -0.3 is 10.1 Å². The maximum atomic E-state index is 12.6. The molecule has 156 valence electrons. The molecule has 0 spiro atoms. The van der Waals surface area contributed by atoms with Crippen LogP contribution < -0.4 is 9.62 Å². The lowest BCUT2D eigenvalue weighted by Gasteiger charge is -2.18. The number of hydrogen-bond donors (Lipinski definition) is 1. The monoisotopic (exact) mass is 444 g/mol. The molecule has 0 aliphatic carbocycles. The smallest absolute Gasteiger partial charge is 0.338 e. The van der Waals surface area contributed by atoms with Gasteiger partial charge in [-0.2, -0.15) is 0 Å². The van der Waals surface area contributed by atoms with Crippen molar-refractivity contribution in [2.45, 2.75) is 11.1 Å². The van der Waals surface area contributed by atoms with Crippen LogP contribution in [-0.4, -0.2) is 33.9 Å². The summed E-state index contributed by atoms with van der Waals surface area (Å²) < 4.78 is 31.5. The van der Waals surface area contributed by atoms with Crippen LogP contribution in [0.4, 0.5) is 11.4 Å². The van der Waals surface area contributed by atoms with Crippen LogP contribution in [0.2, 0.25) is 0 Å². The van der Waals surface area contributed by atoms with Gasteiger partial charge in [0.15, 0.2) is 0 Å². The summed E-state index contributed by atoms with van der Waals surface area (Å²) in [7, 11) is -2.16. The van der Waals surface area contributed by atoms with Crippen molar-refractivity contribution in [3.63, 3.8) is 0 Å². The largest absolute Gasteiger partial charge is 0.462 e. The van der Waals surface area contributed by atoms with Crippen LogP contribution in [0, 0.1) is 0 Å². The van der Waals surface area contributed by atoms with Crippen LogP contribution in [-0.2, 0) is 14.8 Å². The molecular formula is C21H20N2O5S2. The number of carbonyl (C=O) groups excluding carboxylic acids is 2. The number of sulfonamides is 1. The Hall–Kier alpha value is -3.17. The van der Waals surface area contributed by atoms with Crippen LogP contribution in [0.3, 0.4) is 0 Å². The van der Waals surface area contributed by atoms with Crippen LogP contribution in [0.5, 0.6) is 0 Å². The number of nitrogens with one attached hydrogen (secondary N) is 1. The molecule has 0 atom stereocenters. The average Bonchev–Trinajstić information content (AvgIpc) is 3.30. The molecule has 9 heteroatoms. The molecule has 1 aromatic heterocycles. The Kier molecular flexibility index (Phi) is 6.53. The Morgan fingerprint density at radius 3 is 2.20 bits per heavy atom. The van der Waals surface area contributed by atoms with Gasteiger partial charge in [0, 0.05) is 18.3 Å². The van der Waals surface area contributed by atoms with E-state index in [9.17, 15) is 18.0 Å². The first kappa shape index (κ1) is 21.5. The molecule has 3 rings (SSSR count). The highest BCUT2D eigenvalue weighted by Crippen LogP contribution is 2.25. The molecule has 2 aromatic carbocycles. The normalized spacial score (nSPS) is 11.0. The van der Waals surface area contributed by atoms with Crippen molar-refractivity contribution in [1.82, 2.24) is 0 Å². The molecule has 1 N–H and O–H groups in total. The summed E-state index contributed by atoms with van der Waals surface area (Å²) in [6, 6.07) is 15.8. The quantitative estimate of drug-likeness (QED) is 0.556. The highest BCUT2D eigenvalue weighted by Gasteiger charge is 2.22. The maximum absolute atomic E-state index is 12.6. The number of esters is 1. The van der Waals surface area contributed by atoms with E-state index in [-0.39, 0.29) is 16.7 Å². The fraction of sp³-hybridized carbons (Fsp3) is 0.143. The second-order valence-corrected chi connectivity index (χ2v) is 9.35. The second kappa shape index (κ2) is 9.10. The van der Waals surface area contributed by atoms with Crippen LogP contribution in [0.25, 0.3) is 0 Å². The Labute approximate surface area is 179 Å². The standard InChI is InChI=1S/C21H20N2O5S2/c1-3-28-21(25)16-6-10-17(11-7-16)22-20(24)15-8-12-18(13-9-15)23(2)30(26,27)19-5-4-14-29-19/h4-14H,3H2,1-2H3,(H,22,24). The molecule has 0 bridgehead atoms. The SMILES string of the molecule is CCOC(=O)c1ccc(NC(=O)c2ccc(N(C)S(=O)(=O)c3cccs3)cc2)cc1. The number of anilines is 2. The lowest BCUT2D eigenvalue weighted by Crippen LogP contribution is -2.25. The zero-order valence-corrected chi connectivity index (χ0v) is 18.0. The molecule has 1 amide bonds.